The largest absolute Gasteiger partial charge is 0.396 e. The molecule has 0 radical (unpaired) electrons. The first-order valence-electron chi connectivity index (χ1n) is 5.85. The van der Waals surface area contributed by atoms with Gasteiger partial charge in [0.25, 0.3) is 0 Å². The van der Waals surface area contributed by atoms with Gasteiger partial charge in [-0.25, -0.2) is 8.78 Å². The van der Waals surface area contributed by atoms with Crippen molar-refractivity contribution >= 4 is 0 Å². The first-order chi connectivity index (χ1) is 8.06. The van der Waals surface area contributed by atoms with Crippen molar-refractivity contribution in [3.05, 3.63) is 35.4 Å². The molecule has 1 saturated carbocycles. The minimum Gasteiger partial charge on any atom is -0.396 e. The summed E-state index contributed by atoms with van der Waals surface area (Å²) in [4.78, 5) is 0. The molecule has 2 rings (SSSR count). The van der Waals surface area contributed by atoms with Crippen LogP contribution in [-0.4, -0.2) is 18.3 Å². The van der Waals surface area contributed by atoms with Gasteiger partial charge in [-0.1, -0.05) is 6.07 Å². The molecule has 2 N–H and O–H groups in total. The molecule has 1 aliphatic rings. The lowest BCUT2D eigenvalue weighted by Crippen LogP contribution is -2.29. The van der Waals surface area contributed by atoms with E-state index in [1.54, 1.807) is 0 Å². The number of rotatable bonds is 5. The molecule has 0 aliphatic heterocycles. The van der Waals surface area contributed by atoms with Gasteiger partial charge in [-0.15, -0.1) is 0 Å². The molecular formula is C13H17F2NO. The highest BCUT2D eigenvalue weighted by Crippen LogP contribution is 2.44. The van der Waals surface area contributed by atoms with E-state index in [0.717, 1.165) is 18.9 Å². The van der Waals surface area contributed by atoms with Gasteiger partial charge in [0, 0.05) is 36.2 Å². The topological polar surface area (TPSA) is 32.3 Å². The van der Waals surface area contributed by atoms with Gasteiger partial charge in [-0.05, 0) is 25.8 Å². The van der Waals surface area contributed by atoms with Crippen LogP contribution < -0.4 is 5.32 Å². The van der Waals surface area contributed by atoms with Crippen molar-refractivity contribution in [1.82, 2.24) is 5.32 Å². The maximum atomic E-state index is 13.5. The quantitative estimate of drug-likeness (QED) is 0.829. The maximum absolute atomic E-state index is 13.5. The van der Waals surface area contributed by atoms with Crippen molar-refractivity contribution in [3.63, 3.8) is 0 Å². The zero-order valence-corrected chi connectivity index (χ0v) is 9.84. The highest BCUT2D eigenvalue weighted by atomic mass is 19.1. The molecule has 1 atom stereocenters. The number of aliphatic hydroxyl groups is 1. The van der Waals surface area contributed by atoms with Crippen molar-refractivity contribution in [2.45, 2.75) is 25.8 Å². The first kappa shape index (κ1) is 12.5. The molecular weight excluding hydrogens is 224 g/mol. The van der Waals surface area contributed by atoms with Gasteiger partial charge in [0.1, 0.15) is 11.6 Å². The predicted octanol–water partition coefficient (Wildman–Crippen LogP) is 2.39. The lowest BCUT2D eigenvalue weighted by atomic mass is 10.0. The molecule has 0 saturated heterocycles. The highest BCUT2D eigenvalue weighted by Gasteiger charge is 2.41. The SMILES string of the molecule is CC(NCC1(CO)CC1)c1ccc(F)cc1F. The number of benzene rings is 1. The van der Waals surface area contributed by atoms with Crippen LogP contribution >= 0.6 is 0 Å². The molecule has 1 aromatic rings. The van der Waals surface area contributed by atoms with Crippen LogP contribution in [-0.2, 0) is 0 Å². The number of nitrogens with one attached hydrogen (secondary N) is 1. The van der Waals surface area contributed by atoms with Crippen molar-refractivity contribution in [1.29, 1.82) is 0 Å². The normalized spacial score (nSPS) is 19.1. The standard InChI is InChI=1S/C13H17F2NO/c1-9(16-7-13(8-17)4-5-13)11-3-2-10(14)6-12(11)15/h2-3,6,9,16-17H,4-5,7-8H2,1H3. The Labute approximate surface area is 99.7 Å². The molecule has 94 valence electrons. The van der Waals surface area contributed by atoms with E-state index in [1.807, 2.05) is 6.92 Å². The van der Waals surface area contributed by atoms with E-state index in [9.17, 15) is 8.78 Å². The second-order valence-electron chi connectivity index (χ2n) is 4.93. The molecule has 1 fully saturated rings. The smallest absolute Gasteiger partial charge is 0.130 e. The zero-order valence-electron chi connectivity index (χ0n) is 9.84. The Hall–Kier alpha value is -1.00. The van der Waals surface area contributed by atoms with Gasteiger partial charge in [0.15, 0.2) is 0 Å². The Balaban J connectivity index is 1.97. The summed E-state index contributed by atoms with van der Waals surface area (Å²) >= 11 is 0. The van der Waals surface area contributed by atoms with E-state index in [-0.39, 0.29) is 18.1 Å². The summed E-state index contributed by atoms with van der Waals surface area (Å²) in [6.45, 7) is 2.67. The van der Waals surface area contributed by atoms with Crippen LogP contribution in [0.25, 0.3) is 0 Å². The molecule has 1 unspecified atom stereocenters. The Bertz CT molecular complexity index is 404. The van der Waals surface area contributed by atoms with Gasteiger partial charge in [0.2, 0.25) is 0 Å². The van der Waals surface area contributed by atoms with Gasteiger partial charge in [-0.3, -0.25) is 0 Å². The van der Waals surface area contributed by atoms with Gasteiger partial charge >= 0.3 is 0 Å². The summed E-state index contributed by atoms with van der Waals surface area (Å²) in [5.41, 5.74) is 0.449. The maximum Gasteiger partial charge on any atom is 0.130 e. The van der Waals surface area contributed by atoms with Crippen LogP contribution in [0.15, 0.2) is 18.2 Å². The lowest BCUT2D eigenvalue weighted by Gasteiger charge is -2.19. The summed E-state index contributed by atoms with van der Waals surface area (Å²) in [5.74, 6) is -1.09. The lowest BCUT2D eigenvalue weighted by molar-refractivity contribution is 0.204. The van der Waals surface area contributed by atoms with E-state index >= 15 is 0 Å². The summed E-state index contributed by atoms with van der Waals surface area (Å²) in [7, 11) is 0. The Morgan fingerprint density at radius 1 is 1.41 bits per heavy atom. The average molecular weight is 241 g/mol. The van der Waals surface area contributed by atoms with Crippen LogP contribution in [0.1, 0.15) is 31.4 Å². The second kappa shape index (κ2) is 4.70. The molecule has 0 spiro atoms. The zero-order chi connectivity index (χ0) is 12.5. The summed E-state index contributed by atoms with van der Waals surface area (Å²) in [6, 6.07) is 3.43. The second-order valence-corrected chi connectivity index (χ2v) is 4.93. The molecule has 17 heavy (non-hydrogen) atoms. The first-order valence-corrected chi connectivity index (χ1v) is 5.85. The number of halogens is 2. The van der Waals surface area contributed by atoms with E-state index < -0.39 is 11.6 Å². The van der Waals surface area contributed by atoms with Gasteiger partial charge in [0.05, 0.1) is 0 Å². The van der Waals surface area contributed by atoms with Crippen molar-refractivity contribution in [2.75, 3.05) is 13.2 Å². The van der Waals surface area contributed by atoms with Crippen LogP contribution in [0.5, 0.6) is 0 Å². The Kier molecular flexibility index (Phi) is 3.45. The minimum atomic E-state index is -0.563. The third-order valence-electron chi connectivity index (χ3n) is 3.50. The van der Waals surface area contributed by atoms with Crippen LogP contribution in [0.4, 0.5) is 8.78 Å². The molecule has 4 heteroatoms. The molecule has 0 aromatic heterocycles. The fourth-order valence-corrected chi connectivity index (χ4v) is 1.90. The third kappa shape index (κ3) is 2.82. The van der Waals surface area contributed by atoms with Crippen molar-refractivity contribution in [3.8, 4) is 0 Å². The number of aliphatic hydroxyl groups excluding tert-OH is 1. The molecule has 0 bridgehead atoms. The number of hydrogen-bond donors (Lipinski definition) is 2. The summed E-state index contributed by atoms with van der Waals surface area (Å²) in [5, 5.41) is 12.4. The molecule has 2 nitrogen and oxygen atoms in total. The predicted molar refractivity (Wildman–Crippen MR) is 61.5 cm³/mol. The fourth-order valence-electron chi connectivity index (χ4n) is 1.90. The molecule has 1 aliphatic carbocycles. The van der Waals surface area contributed by atoms with Gasteiger partial charge in [-0.2, -0.15) is 0 Å². The molecule has 1 aromatic carbocycles. The number of hydrogen-bond acceptors (Lipinski definition) is 2. The molecule has 0 heterocycles. The average Bonchev–Trinajstić information content (AvgIpc) is 3.07. The van der Waals surface area contributed by atoms with E-state index in [4.69, 9.17) is 5.11 Å². The van der Waals surface area contributed by atoms with E-state index in [1.165, 1.54) is 12.1 Å². The minimum absolute atomic E-state index is 0.00916. The monoisotopic (exact) mass is 241 g/mol. The highest BCUT2D eigenvalue weighted by molar-refractivity contribution is 5.21. The van der Waals surface area contributed by atoms with E-state index in [2.05, 4.69) is 5.32 Å². The fraction of sp³-hybridized carbons (Fsp3) is 0.538. The van der Waals surface area contributed by atoms with Crippen molar-refractivity contribution in [2.24, 2.45) is 5.41 Å². The van der Waals surface area contributed by atoms with Crippen LogP contribution in [0.3, 0.4) is 0 Å². The third-order valence-corrected chi connectivity index (χ3v) is 3.50. The van der Waals surface area contributed by atoms with Gasteiger partial charge < -0.3 is 10.4 Å². The van der Waals surface area contributed by atoms with Crippen LogP contribution in [0, 0.1) is 17.0 Å². The Morgan fingerprint density at radius 2 is 2.12 bits per heavy atom. The summed E-state index contributed by atoms with van der Waals surface area (Å²) in [6.07, 6.45) is 2.02. The Morgan fingerprint density at radius 3 is 2.65 bits per heavy atom. The van der Waals surface area contributed by atoms with Crippen molar-refractivity contribution < 1.29 is 13.9 Å². The van der Waals surface area contributed by atoms with E-state index in [0.29, 0.717) is 12.1 Å². The summed E-state index contributed by atoms with van der Waals surface area (Å²) < 4.78 is 26.2. The molecule has 0 amide bonds. The van der Waals surface area contributed by atoms with Crippen LogP contribution in [0.2, 0.25) is 0 Å².